The predicted molar refractivity (Wildman–Crippen MR) is 64.3 cm³/mol. The quantitative estimate of drug-likeness (QED) is 0.690. The van der Waals surface area contributed by atoms with E-state index in [1.807, 2.05) is 0 Å². The van der Waals surface area contributed by atoms with Gasteiger partial charge in [0.25, 0.3) is 0 Å². The van der Waals surface area contributed by atoms with Gasteiger partial charge in [-0.1, -0.05) is 0 Å². The van der Waals surface area contributed by atoms with Crippen LogP contribution in [0.5, 0.6) is 0 Å². The summed E-state index contributed by atoms with van der Waals surface area (Å²) >= 11 is 0. The molecule has 0 amide bonds. The number of H-pyrrole nitrogens is 1. The number of rotatable bonds is 1. The number of halogens is 4. The lowest BCUT2D eigenvalue weighted by molar-refractivity contribution is -0.137. The van der Waals surface area contributed by atoms with Crippen LogP contribution in [0.2, 0.25) is 0 Å². The maximum absolute atomic E-state index is 12.8. The minimum atomic E-state index is -4.41. The third kappa shape index (κ3) is 2.22. The number of imidazole rings is 1. The lowest BCUT2D eigenvalue weighted by Crippen LogP contribution is -2.04. The summed E-state index contributed by atoms with van der Waals surface area (Å²) in [6.07, 6.45) is -3.39. The zero-order valence-corrected chi connectivity index (χ0v) is 9.87. The van der Waals surface area contributed by atoms with Crippen molar-refractivity contribution in [1.29, 1.82) is 0 Å². The molecule has 2 aromatic heterocycles. The van der Waals surface area contributed by atoms with Gasteiger partial charge < -0.3 is 4.98 Å². The van der Waals surface area contributed by atoms with Crippen molar-refractivity contribution in [2.75, 3.05) is 0 Å². The van der Waals surface area contributed by atoms with E-state index in [0.29, 0.717) is 17.0 Å². The molecule has 0 saturated heterocycles. The summed E-state index contributed by atoms with van der Waals surface area (Å²) in [4.78, 5) is 10.7. The van der Waals surface area contributed by atoms with Crippen LogP contribution in [0.3, 0.4) is 0 Å². The van der Waals surface area contributed by atoms with E-state index in [1.165, 1.54) is 18.2 Å². The molecule has 3 aromatic rings. The molecule has 0 spiro atoms. The molecule has 3 rings (SSSR count). The molecule has 3 nitrogen and oxygen atoms in total. The second kappa shape index (κ2) is 4.29. The molecule has 1 N–H and O–H groups in total. The highest BCUT2D eigenvalue weighted by molar-refractivity contribution is 5.79. The van der Waals surface area contributed by atoms with Gasteiger partial charge in [0.15, 0.2) is 5.82 Å². The summed E-state index contributed by atoms with van der Waals surface area (Å²) in [5.74, 6) is -0.205. The van der Waals surface area contributed by atoms with E-state index in [0.717, 1.165) is 18.3 Å². The zero-order valence-electron chi connectivity index (χ0n) is 9.87. The highest BCUT2D eigenvalue weighted by atomic mass is 19.4. The number of nitrogens with zero attached hydrogens (tertiary/aromatic N) is 2. The maximum atomic E-state index is 12.8. The van der Waals surface area contributed by atoms with Crippen molar-refractivity contribution in [3.63, 3.8) is 0 Å². The molecule has 0 saturated carbocycles. The standard InChI is InChI=1S/C13H7F4N3/c14-8-2-4-10(18-6-8)12-19-9-3-1-7(13(15,16)17)5-11(9)20-12/h1-6H,(H,19,20). The summed E-state index contributed by atoms with van der Waals surface area (Å²) in [5.41, 5.74) is 0.239. The molecule has 0 unspecified atom stereocenters. The Morgan fingerprint density at radius 1 is 1.05 bits per heavy atom. The largest absolute Gasteiger partial charge is 0.416 e. The molecular formula is C13H7F4N3. The molecule has 20 heavy (non-hydrogen) atoms. The van der Waals surface area contributed by atoms with Gasteiger partial charge in [-0.2, -0.15) is 13.2 Å². The maximum Gasteiger partial charge on any atom is 0.416 e. The number of alkyl halides is 3. The van der Waals surface area contributed by atoms with Crippen LogP contribution in [0.1, 0.15) is 5.56 Å². The summed E-state index contributed by atoms with van der Waals surface area (Å²) in [6.45, 7) is 0. The highest BCUT2D eigenvalue weighted by Gasteiger charge is 2.30. The molecule has 0 bridgehead atoms. The van der Waals surface area contributed by atoms with Crippen LogP contribution in [0.15, 0.2) is 36.5 Å². The first-order valence-corrected chi connectivity index (χ1v) is 5.62. The summed E-state index contributed by atoms with van der Waals surface area (Å²) in [5, 5.41) is 0. The van der Waals surface area contributed by atoms with Crippen molar-refractivity contribution in [2.45, 2.75) is 6.18 Å². The van der Waals surface area contributed by atoms with E-state index < -0.39 is 17.6 Å². The second-order valence-electron chi connectivity index (χ2n) is 4.18. The van der Waals surface area contributed by atoms with Gasteiger partial charge in [0.2, 0.25) is 0 Å². The van der Waals surface area contributed by atoms with Gasteiger partial charge in [-0.3, -0.25) is 0 Å². The fourth-order valence-corrected chi connectivity index (χ4v) is 1.82. The fourth-order valence-electron chi connectivity index (χ4n) is 1.82. The summed E-state index contributed by atoms with van der Waals surface area (Å²) in [6, 6.07) is 5.83. The van der Waals surface area contributed by atoms with Crippen LogP contribution in [0.4, 0.5) is 17.6 Å². The number of aromatic amines is 1. The van der Waals surface area contributed by atoms with Crippen molar-refractivity contribution in [1.82, 2.24) is 15.0 Å². The average molecular weight is 281 g/mol. The Morgan fingerprint density at radius 2 is 1.85 bits per heavy atom. The number of pyridine rings is 1. The van der Waals surface area contributed by atoms with Gasteiger partial charge >= 0.3 is 6.18 Å². The molecule has 0 aliphatic carbocycles. The average Bonchev–Trinajstić information content (AvgIpc) is 2.81. The van der Waals surface area contributed by atoms with Gasteiger partial charge in [-0.05, 0) is 30.3 Å². The molecule has 7 heteroatoms. The minimum absolute atomic E-state index is 0.251. The van der Waals surface area contributed by atoms with Crippen molar-refractivity contribution < 1.29 is 17.6 Å². The summed E-state index contributed by atoms with van der Waals surface area (Å²) < 4.78 is 50.6. The van der Waals surface area contributed by atoms with Gasteiger partial charge in [0.05, 0.1) is 22.8 Å². The van der Waals surface area contributed by atoms with Crippen LogP contribution in [-0.2, 0) is 6.18 Å². The molecule has 0 fully saturated rings. The van der Waals surface area contributed by atoms with E-state index in [-0.39, 0.29) is 5.52 Å². The van der Waals surface area contributed by atoms with Crippen LogP contribution < -0.4 is 0 Å². The lowest BCUT2D eigenvalue weighted by Gasteiger charge is -2.05. The Labute approximate surface area is 110 Å². The molecule has 0 aliphatic rings. The number of benzene rings is 1. The van der Waals surface area contributed by atoms with E-state index in [2.05, 4.69) is 15.0 Å². The number of nitrogens with one attached hydrogen (secondary N) is 1. The van der Waals surface area contributed by atoms with E-state index >= 15 is 0 Å². The van der Waals surface area contributed by atoms with Gasteiger partial charge in [0, 0.05) is 0 Å². The lowest BCUT2D eigenvalue weighted by atomic mass is 10.2. The molecule has 0 atom stereocenters. The van der Waals surface area contributed by atoms with Crippen LogP contribution >= 0.6 is 0 Å². The Bertz CT molecular complexity index is 759. The van der Waals surface area contributed by atoms with E-state index in [1.54, 1.807) is 0 Å². The zero-order chi connectivity index (χ0) is 14.3. The third-order valence-electron chi connectivity index (χ3n) is 2.78. The van der Waals surface area contributed by atoms with Crippen LogP contribution in [0.25, 0.3) is 22.6 Å². The van der Waals surface area contributed by atoms with Crippen LogP contribution in [-0.4, -0.2) is 15.0 Å². The predicted octanol–water partition coefficient (Wildman–Crippen LogP) is 3.78. The number of aromatic nitrogens is 3. The number of hydrogen-bond acceptors (Lipinski definition) is 2. The molecule has 2 heterocycles. The second-order valence-corrected chi connectivity index (χ2v) is 4.18. The van der Waals surface area contributed by atoms with Crippen molar-refractivity contribution in [3.05, 3.63) is 47.9 Å². The number of fused-ring (bicyclic) bond motifs is 1. The Balaban J connectivity index is 2.09. The first kappa shape index (κ1) is 12.6. The normalized spacial score (nSPS) is 12.0. The first-order chi connectivity index (χ1) is 9.43. The van der Waals surface area contributed by atoms with E-state index in [4.69, 9.17) is 0 Å². The van der Waals surface area contributed by atoms with Gasteiger partial charge in [-0.15, -0.1) is 0 Å². The van der Waals surface area contributed by atoms with Crippen LogP contribution in [0, 0.1) is 5.82 Å². The molecule has 0 radical (unpaired) electrons. The van der Waals surface area contributed by atoms with Crippen molar-refractivity contribution in [2.24, 2.45) is 0 Å². The number of hydrogen-bond donors (Lipinski definition) is 1. The SMILES string of the molecule is Fc1ccc(-c2nc3ccc(C(F)(F)F)cc3[nH]2)nc1. The molecule has 0 aliphatic heterocycles. The monoisotopic (exact) mass is 281 g/mol. The van der Waals surface area contributed by atoms with Gasteiger partial charge in [0.1, 0.15) is 11.5 Å². The molecule has 1 aromatic carbocycles. The Kier molecular flexibility index (Phi) is 2.70. The van der Waals surface area contributed by atoms with E-state index in [9.17, 15) is 17.6 Å². The first-order valence-electron chi connectivity index (χ1n) is 5.62. The van der Waals surface area contributed by atoms with Crippen molar-refractivity contribution in [3.8, 4) is 11.5 Å². The molecular weight excluding hydrogens is 274 g/mol. The Morgan fingerprint density at radius 3 is 2.50 bits per heavy atom. The highest BCUT2D eigenvalue weighted by Crippen LogP contribution is 2.31. The smallest absolute Gasteiger partial charge is 0.337 e. The Hall–Kier alpha value is -2.44. The fraction of sp³-hybridized carbons (Fsp3) is 0.0769. The topological polar surface area (TPSA) is 41.6 Å². The summed E-state index contributed by atoms with van der Waals surface area (Å²) in [7, 11) is 0. The third-order valence-corrected chi connectivity index (χ3v) is 2.78. The minimum Gasteiger partial charge on any atom is -0.337 e. The van der Waals surface area contributed by atoms with Crippen molar-refractivity contribution >= 4 is 11.0 Å². The molecule has 102 valence electrons. The van der Waals surface area contributed by atoms with Gasteiger partial charge in [-0.25, -0.2) is 14.4 Å².